The molecule has 45 heavy (non-hydrogen) atoms. The van der Waals surface area contributed by atoms with Gasteiger partial charge in [-0.2, -0.15) is 5.10 Å². The van der Waals surface area contributed by atoms with Crippen molar-refractivity contribution in [2.24, 2.45) is 23.7 Å². The number of rotatable bonds is 6. The lowest BCUT2D eigenvalue weighted by Gasteiger charge is -2.37. The Balaban J connectivity index is 0.859. The number of ether oxygens (including phenoxy) is 1. The summed E-state index contributed by atoms with van der Waals surface area (Å²) in [7, 11) is 0. The molecule has 234 valence electrons. The first-order chi connectivity index (χ1) is 22.2. The van der Waals surface area contributed by atoms with Crippen molar-refractivity contribution < 1.29 is 4.74 Å². The molecule has 3 saturated heterocycles. The molecule has 2 unspecified atom stereocenters. The number of nitrogen functional groups attached to an aromatic ring is 1. The zero-order chi connectivity index (χ0) is 29.9. The first-order valence-electron chi connectivity index (χ1n) is 17.2. The molecule has 0 amide bonds. The SMILES string of the molecule is Nc1ncnc2c1c(-c1ccc(Oc3ccccc3)cc1)nn2C1CCN(C2C[C@@H]3CN(C4C[C@H]5CNC[C@H]5C4)C[C@@H]3C2)CC1. The van der Waals surface area contributed by atoms with Crippen LogP contribution < -0.4 is 15.8 Å². The minimum atomic E-state index is 0.306. The van der Waals surface area contributed by atoms with Gasteiger partial charge in [0, 0.05) is 43.8 Å². The van der Waals surface area contributed by atoms with E-state index in [1.807, 2.05) is 54.6 Å². The monoisotopic (exact) mass is 604 g/mol. The number of hydrogen-bond donors (Lipinski definition) is 2. The highest BCUT2D eigenvalue weighted by Crippen LogP contribution is 2.46. The normalized spacial score (nSPS) is 30.7. The number of piperidine rings is 1. The average Bonchev–Trinajstić information content (AvgIpc) is 3.88. The van der Waals surface area contributed by atoms with E-state index in [1.165, 1.54) is 51.9 Å². The van der Waals surface area contributed by atoms with Gasteiger partial charge in [-0.05, 0) is 112 Å². The molecule has 2 aromatic carbocycles. The Morgan fingerprint density at radius 3 is 2.07 bits per heavy atom. The van der Waals surface area contributed by atoms with Gasteiger partial charge in [0.05, 0.1) is 11.4 Å². The van der Waals surface area contributed by atoms with Crippen molar-refractivity contribution >= 4 is 16.9 Å². The summed E-state index contributed by atoms with van der Waals surface area (Å²) >= 11 is 0. The van der Waals surface area contributed by atoms with Gasteiger partial charge in [0.1, 0.15) is 29.3 Å². The van der Waals surface area contributed by atoms with Crippen LogP contribution in [0.25, 0.3) is 22.3 Å². The van der Waals surface area contributed by atoms with E-state index < -0.39 is 0 Å². The Morgan fingerprint density at radius 1 is 0.711 bits per heavy atom. The molecule has 4 aromatic rings. The Bertz CT molecular complexity index is 1620. The van der Waals surface area contributed by atoms with Crippen molar-refractivity contribution in [3.05, 3.63) is 60.9 Å². The van der Waals surface area contributed by atoms with E-state index in [4.69, 9.17) is 20.6 Å². The Hall–Kier alpha value is -3.53. The Morgan fingerprint density at radius 2 is 1.36 bits per heavy atom. The number of nitrogens with one attached hydrogen (secondary N) is 1. The fourth-order valence-electron chi connectivity index (χ4n) is 9.59. The lowest BCUT2D eigenvalue weighted by Crippen LogP contribution is -2.42. The number of benzene rings is 2. The molecule has 9 nitrogen and oxygen atoms in total. The molecule has 0 bridgehead atoms. The van der Waals surface area contributed by atoms with Gasteiger partial charge in [-0.1, -0.05) is 18.2 Å². The molecular formula is C36H44N8O. The van der Waals surface area contributed by atoms with Crippen molar-refractivity contribution in [1.82, 2.24) is 34.9 Å². The molecule has 0 radical (unpaired) electrons. The number of fused-ring (bicyclic) bond motifs is 3. The van der Waals surface area contributed by atoms with Gasteiger partial charge in [-0.25, -0.2) is 14.6 Å². The molecule has 5 aliphatic rings. The smallest absolute Gasteiger partial charge is 0.164 e. The summed E-state index contributed by atoms with van der Waals surface area (Å²) in [5.74, 6) is 5.75. The molecular weight excluding hydrogens is 560 g/mol. The van der Waals surface area contributed by atoms with Crippen LogP contribution in [0.3, 0.4) is 0 Å². The largest absolute Gasteiger partial charge is 0.457 e. The van der Waals surface area contributed by atoms with Crippen LogP contribution in [0.2, 0.25) is 0 Å². The first kappa shape index (κ1) is 27.8. The molecule has 3 aliphatic heterocycles. The summed E-state index contributed by atoms with van der Waals surface area (Å²) in [6, 6.07) is 19.8. The topological polar surface area (TPSA) is 97.4 Å². The number of hydrogen-bond acceptors (Lipinski definition) is 8. The molecule has 2 aliphatic carbocycles. The maximum absolute atomic E-state index is 6.45. The van der Waals surface area contributed by atoms with E-state index >= 15 is 0 Å². The minimum absolute atomic E-state index is 0.306. The van der Waals surface area contributed by atoms with Crippen LogP contribution >= 0.6 is 0 Å². The summed E-state index contributed by atoms with van der Waals surface area (Å²) in [4.78, 5) is 14.7. The number of likely N-dealkylation sites (tertiary alicyclic amines) is 2. The van der Waals surface area contributed by atoms with Gasteiger partial charge >= 0.3 is 0 Å². The van der Waals surface area contributed by atoms with Crippen molar-refractivity contribution in [2.75, 3.05) is 45.0 Å². The predicted octanol–water partition coefficient (Wildman–Crippen LogP) is 5.21. The molecule has 5 heterocycles. The molecule has 0 spiro atoms. The van der Waals surface area contributed by atoms with Crippen LogP contribution in [-0.2, 0) is 0 Å². The van der Waals surface area contributed by atoms with Gasteiger partial charge in [0.25, 0.3) is 0 Å². The predicted molar refractivity (Wildman–Crippen MR) is 176 cm³/mol. The molecule has 2 aromatic heterocycles. The third kappa shape index (κ3) is 5.09. The Kier molecular flexibility index (Phi) is 7.01. The van der Waals surface area contributed by atoms with Crippen LogP contribution in [0.5, 0.6) is 11.5 Å². The van der Waals surface area contributed by atoms with E-state index in [9.17, 15) is 0 Å². The Labute approximate surface area is 265 Å². The summed E-state index contributed by atoms with van der Waals surface area (Å²) in [6.07, 6.45) is 9.37. The first-order valence-corrected chi connectivity index (χ1v) is 17.2. The highest BCUT2D eigenvalue weighted by Gasteiger charge is 2.47. The lowest BCUT2D eigenvalue weighted by atomic mass is 10.0. The van der Waals surface area contributed by atoms with Crippen molar-refractivity contribution in [3.63, 3.8) is 0 Å². The third-order valence-electron chi connectivity index (χ3n) is 11.9. The minimum Gasteiger partial charge on any atom is -0.457 e. The number of para-hydroxylation sites is 1. The third-order valence-corrected chi connectivity index (χ3v) is 11.9. The van der Waals surface area contributed by atoms with Crippen molar-refractivity contribution in [3.8, 4) is 22.8 Å². The van der Waals surface area contributed by atoms with Crippen LogP contribution in [0, 0.1) is 23.7 Å². The fourth-order valence-corrected chi connectivity index (χ4v) is 9.59. The molecule has 9 rings (SSSR count). The van der Waals surface area contributed by atoms with Crippen LogP contribution in [0.1, 0.15) is 44.6 Å². The van der Waals surface area contributed by atoms with E-state index in [1.54, 1.807) is 6.33 Å². The second kappa shape index (κ2) is 11.4. The van der Waals surface area contributed by atoms with E-state index in [0.29, 0.717) is 11.9 Å². The van der Waals surface area contributed by atoms with Crippen molar-refractivity contribution in [1.29, 1.82) is 0 Å². The number of anilines is 1. The maximum atomic E-state index is 6.45. The quantitative estimate of drug-likeness (QED) is 0.310. The number of aromatic nitrogens is 4. The van der Waals surface area contributed by atoms with Crippen LogP contribution in [-0.4, -0.2) is 80.9 Å². The van der Waals surface area contributed by atoms with Gasteiger partial charge < -0.3 is 20.7 Å². The molecule has 9 heteroatoms. The molecule has 3 N–H and O–H groups in total. The zero-order valence-corrected chi connectivity index (χ0v) is 26.0. The van der Waals surface area contributed by atoms with Gasteiger partial charge in [0.15, 0.2) is 5.65 Å². The van der Waals surface area contributed by atoms with Gasteiger partial charge in [0.2, 0.25) is 0 Å². The van der Waals surface area contributed by atoms with Crippen LogP contribution in [0.15, 0.2) is 60.9 Å². The van der Waals surface area contributed by atoms with E-state index in [2.05, 4.69) is 24.8 Å². The van der Waals surface area contributed by atoms with Gasteiger partial charge in [-0.15, -0.1) is 0 Å². The van der Waals surface area contributed by atoms with Crippen molar-refractivity contribution in [2.45, 2.75) is 56.7 Å². The maximum Gasteiger partial charge on any atom is 0.164 e. The lowest BCUT2D eigenvalue weighted by molar-refractivity contribution is 0.121. The summed E-state index contributed by atoms with van der Waals surface area (Å²) in [5, 5.41) is 9.61. The summed E-state index contributed by atoms with van der Waals surface area (Å²) in [6.45, 7) is 7.46. The second-order valence-electron chi connectivity index (χ2n) is 14.4. The summed E-state index contributed by atoms with van der Waals surface area (Å²) < 4.78 is 8.16. The van der Waals surface area contributed by atoms with Gasteiger partial charge in [-0.3, -0.25) is 4.90 Å². The summed E-state index contributed by atoms with van der Waals surface area (Å²) in [5.41, 5.74) is 9.11. The van der Waals surface area contributed by atoms with Crippen LogP contribution in [0.4, 0.5) is 5.82 Å². The average molecular weight is 605 g/mol. The highest BCUT2D eigenvalue weighted by molar-refractivity contribution is 5.98. The van der Waals surface area contributed by atoms with E-state index in [-0.39, 0.29) is 0 Å². The fraction of sp³-hybridized carbons (Fsp3) is 0.528. The number of nitrogens with zero attached hydrogens (tertiary/aromatic N) is 6. The molecule has 2 saturated carbocycles. The number of nitrogens with two attached hydrogens (primary N) is 1. The highest BCUT2D eigenvalue weighted by atomic mass is 16.5. The standard InChI is InChI=1S/C36H44N8O/c37-35-33-34(23-6-8-32(9-7-23)45-31-4-2-1-3-5-31)41-44(36(33)40-22-39-35)28-10-12-42(13-11-28)29-16-26-20-43(21-27(26)17-29)30-14-24-18-38-19-25(24)15-30/h1-9,22,24-30,38H,10-21H2,(H2,37,39,40)/t24-,25+,26-,27+,29?,30?. The van der Waals surface area contributed by atoms with E-state index in [0.717, 1.165) is 95.5 Å². The molecule has 5 fully saturated rings. The zero-order valence-electron chi connectivity index (χ0n) is 26.0. The molecule has 6 atom stereocenters. The second-order valence-corrected chi connectivity index (χ2v) is 14.4.